The zero-order chi connectivity index (χ0) is 4.50. The first-order valence-electron chi connectivity index (χ1n) is 1.85. The van der Waals surface area contributed by atoms with Crippen LogP contribution in [0.15, 0.2) is 0 Å². The minimum atomic E-state index is -0.861. The van der Waals surface area contributed by atoms with Crippen molar-refractivity contribution in [3.8, 4) is 0 Å². The molecule has 0 saturated carbocycles. The quantitative estimate of drug-likeness (QED) is 0.291. The predicted octanol–water partition coefficient (Wildman–Crippen LogP) is -10.7. The number of rotatable bonds is 0. The van der Waals surface area contributed by atoms with Gasteiger partial charge in [0.25, 0.3) is 0 Å². The van der Waals surface area contributed by atoms with Crippen molar-refractivity contribution < 1.29 is 82.3 Å². The number of hydrogen-bond donors (Lipinski definition) is 0. The number of hydrogen-bond acceptors (Lipinski definition) is 0. The van der Waals surface area contributed by atoms with Crippen molar-refractivity contribution in [2.24, 2.45) is 0 Å². The fraction of sp³-hybridized carbons (Fsp3) is 0.750. The molecule has 0 amide bonds. The van der Waals surface area contributed by atoms with Crippen molar-refractivity contribution >= 4 is 31.1 Å². The normalized spacial score (nSPS) is 5.45. The Kier molecular flexibility index (Phi) is 100. The summed E-state index contributed by atoms with van der Waals surface area (Å²) in [6.07, 6.45) is 0. The van der Waals surface area contributed by atoms with Gasteiger partial charge >= 0.3 is 59.0 Å². The summed E-state index contributed by atoms with van der Waals surface area (Å²) in [7, 11) is -0.861. The van der Waals surface area contributed by atoms with Crippen LogP contribution in [-0.4, -0.2) is 31.1 Å². The fourth-order valence-corrected chi connectivity index (χ4v) is 0. The first-order valence-corrected chi connectivity index (χ1v) is 5.56. The Morgan fingerprint density at radius 1 is 1.00 bits per heavy atom. The Morgan fingerprint density at radius 3 is 1.00 bits per heavy atom. The maximum atomic E-state index is 3.91. The smallest absolute Gasteiger partial charge is 1.00 e. The Labute approximate surface area is 138 Å². The van der Waals surface area contributed by atoms with Gasteiger partial charge in [0.2, 0.25) is 0 Å². The van der Waals surface area contributed by atoms with Gasteiger partial charge in [0.05, 0.1) is 0 Å². The Balaban J connectivity index is -0.00000000533. The van der Waals surface area contributed by atoms with Crippen LogP contribution >= 0.6 is 0 Å². The molecule has 0 radical (unpaired) electrons. The minimum Gasteiger partial charge on any atom is -1.00 e. The molecule has 0 atom stereocenters. The molecular formula is C4H11Br2ClCuLiMgSi. The van der Waals surface area contributed by atoms with Gasteiger partial charge in [0.1, 0.15) is 0 Å². The van der Waals surface area contributed by atoms with Crippen molar-refractivity contribution in [1.29, 1.82) is 0 Å². The molecule has 66 valence electrons. The van der Waals surface area contributed by atoms with Gasteiger partial charge in [0, 0.05) is 0 Å². The minimum absolute atomic E-state index is 0. The molecule has 11 heavy (non-hydrogen) atoms. The van der Waals surface area contributed by atoms with E-state index < -0.39 is 8.07 Å². The molecule has 0 aromatic heterocycles. The van der Waals surface area contributed by atoms with Crippen LogP contribution in [0.25, 0.3) is 0 Å². The van der Waals surface area contributed by atoms with Gasteiger partial charge in [0.15, 0.2) is 0 Å². The Morgan fingerprint density at radius 2 is 1.00 bits per heavy atom. The molecular weight excluding hydrogens is 366 g/mol. The van der Waals surface area contributed by atoms with Crippen molar-refractivity contribution in [3.05, 3.63) is 6.55 Å². The van der Waals surface area contributed by atoms with Gasteiger partial charge in [-0.25, -0.2) is 0 Å². The third kappa shape index (κ3) is 153. The molecule has 0 aliphatic rings. The second-order valence-electron chi connectivity index (χ2n) is 2.56. The zero-order valence-electron chi connectivity index (χ0n) is 7.35. The van der Waals surface area contributed by atoms with E-state index in [2.05, 4.69) is 26.2 Å². The molecule has 0 N–H and O–H groups in total. The van der Waals surface area contributed by atoms with Crippen molar-refractivity contribution in [1.82, 2.24) is 0 Å². The second kappa shape index (κ2) is 23.3. The third-order valence-corrected chi connectivity index (χ3v) is 0. The topological polar surface area (TPSA) is 0 Å². The maximum Gasteiger partial charge on any atom is 2.00 e. The van der Waals surface area contributed by atoms with E-state index in [0.717, 1.165) is 0 Å². The number of halogens is 3. The summed E-state index contributed by atoms with van der Waals surface area (Å²) in [4.78, 5) is 0. The van der Waals surface area contributed by atoms with Crippen LogP contribution in [0.1, 0.15) is 0 Å². The van der Waals surface area contributed by atoms with Gasteiger partial charge in [-0.15, -0.1) is 8.07 Å². The van der Waals surface area contributed by atoms with Crippen molar-refractivity contribution in [3.63, 3.8) is 0 Å². The molecule has 0 heterocycles. The Hall–Kier alpha value is 3.35. The third-order valence-electron chi connectivity index (χ3n) is 0. The van der Waals surface area contributed by atoms with E-state index in [0.29, 0.717) is 0 Å². The van der Waals surface area contributed by atoms with E-state index in [-0.39, 0.29) is 105 Å². The van der Waals surface area contributed by atoms with Crippen LogP contribution < -0.4 is 65.2 Å². The van der Waals surface area contributed by atoms with E-state index in [4.69, 9.17) is 0 Å². The SMILES string of the molecule is [Br-].[Br-].[CH2-][Si](C)(C)C.[Cl-].[Cu+].[Li+].[Mg+2]. The summed E-state index contributed by atoms with van der Waals surface area (Å²) < 4.78 is 0. The molecule has 0 aliphatic heterocycles. The monoisotopic (exact) mass is 374 g/mol. The first-order chi connectivity index (χ1) is 2.00. The van der Waals surface area contributed by atoms with E-state index in [1.165, 1.54) is 0 Å². The summed E-state index contributed by atoms with van der Waals surface area (Å²) in [6.45, 7) is 10.6. The molecule has 0 unspecified atom stereocenters. The van der Waals surface area contributed by atoms with Crippen LogP contribution in [0.2, 0.25) is 19.6 Å². The van der Waals surface area contributed by atoms with Crippen LogP contribution in [0.5, 0.6) is 0 Å². The molecule has 7 heteroatoms. The van der Waals surface area contributed by atoms with E-state index in [1.807, 2.05) is 0 Å². The average molecular weight is 377 g/mol. The largest absolute Gasteiger partial charge is 2.00 e. The van der Waals surface area contributed by atoms with Gasteiger partial charge in [-0.2, -0.15) is 0 Å². The van der Waals surface area contributed by atoms with Crippen LogP contribution in [0.3, 0.4) is 0 Å². The van der Waals surface area contributed by atoms with Gasteiger partial charge in [-0.05, 0) is 0 Å². The maximum absolute atomic E-state index is 3.91. The molecule has 0 aliphatic carbocycles. The van der Waals surface area contributed by atoms with E-state index in [9.17, 15) is 0 Å². The Bertz CT molecular complexity index is 43.6. The van der Waals surface area contributed by atoms with Crippen molar-refractivity contribution in [2.75, 3.05) is 0 Å². The van der Waals surface area contributed by atoms with Gasteiger partial charge < -0.3 is 52.9 Å². The molecule has 0 aromatic carbocycles. The molecule has 0 spiro atoms. The summed E-state index contributed by atoms with van der Waals surface area (Å²) in [5.74, 6) is 0. The first kappa shape index (κ1) is 47.3. The predicted molar refractivity (Wildman–Crippen MR) is 34.5 cm³/mol. The van der Waals surface area contributed by atoms with E-state index in [1.54, 1.807) is 0 Å². The van der Waals surface area contributed by atoms with Gasteiger partial charge in [-0.1, -0.05) is 19.6 Å². The van der Waals surface area contributed by atoms with Crippen LogP contribution in [-0.2, 0) is 17.1 Å². The summed E-state index contributed by atoms with van der Waals surface area (Å²) in [5, 5.41) is 0. The molecule has 0 saturated heterocycles. The van der Waals surface area contributed by atoms with Crippen LogP contribution in [0, 0.1) is 6.55 Å². The van der Waals surface area contributed by atoms with Gasteiger partial charge in [-0.3, -0.25) is 0 Å². The summed E-state index contributed by atoms with van der Waals surface area (Å²) in [5.41, 5.74) is 0. The molecule has 0 aromatic rings. The van der Waals surface area contributed by atoms with Crippen LogP contribution in [0.4, 0.5) is 0 Å². The molecule has 0 nitrogen and oxygen atoms in total. The zero-order valence-corrected chi connectivity index (χ0v) is 14.6. The standard InChI is InChI=1S/C4H11Si.2BrH.ClH.Cu.Li.Mg/c1-5(2,3)4;;;;;;/h1H2,2-4H3;3*1H;;;/q-1;;;;2*+1;+2/p-3. The average Bonchev–Trinajstić information content (AvgIpc) is 0.722. The van der Waals surface area contributed by atoms with E-state index >= 15 is 0 Å². The molecule has 0 rings (SSSR count). The summed E-state index contributed by atoms with van der Waals surface area (Å²) >= 11 is 0. The second-order valence-corrected chi connectivity index (χ2v) is 7.68. The fourth-order valence-electron chi connectivity index (χ4n) is 0. The molecule has 0 bridgehead atoms. The van der Waals surface area contributed by atoms with Crippen molar-refractivity contribution in [2.45, 2.75) is 19.6 Å². The molecule has 0 fully saturated rings. The summed E-state index contributed by atoms with van der Waals surface area (Å²) in [6, 6.07) is 0.